The number of hydrogen-bond donors (Lipinski definition) is 2. The first-order chi connectivity index (χ1) is 10.6. The molecule has 5 nitrogen and oxygen atoms in total. The van der Waals surface area contributed by atoms with E-state index in [-0.39, 0.29) is 6.61 Å². The van der Waals surface area contributed by atoms with Gasteiger partial charge in [-0.25, -0.2) is 0 Å². The number of rotatable bonds is 4. The molecule has 22 heavy (non-hydrogen) atoms. The largest absolute Gasteiger partial charge is 0.392 e. The van der Waals surface area contributed by atoms with Crippen LogP contribution in [0.15, 0.2) is 28.8 Å². The second kappa shape index (κ2) is 5.77. The normalized spacial score (nSPS) is 11.1. The van der Waals surface area contributed by atoms with Gasteiger partial charge in [-0.2, -0.15) is 0 Å². The van der Waals surface area contributed by atoms with Crippen molar-refractivity contribution >= 4 is 16.6 Å². The van der Waals surface area contributed by atoms with Gasteiger partial charge in [-0.05, 0) is 38.5 Å². The lowest BCUT2D eigenvalue weighted by Gasteiger charge is -2.12. The van der Waals surface area contributed by atoms with E-state index in [2.05, 4.69) is 15.5 Å². The predicted octanol–water partition coefficient (Wildman–Crippen LogP) is 3.25. The van der Waals surface area contributed by atoms with Gasteiger partial charge in [0, 0.05) is 23.2 Å². The molecule has 2 aromatic heterocycles. The number of pyridine rings is 1. The minimum absolute atomic E-state index is 0.00712. The van der Waals surface area contributed by atoms with Crippen LogP contribution < -0.4 is 5.32 Å². The van der Waals surface area contributed by atoms with Crippen molar-refractivity contribution in [1.29, 1.82) is 0 Å². The summed E-state index contributed by atoms with van der Waals surface area (Å²) in [4.78, 5) is 4.62. The molecule has 1 aromatic carbocycles. The van der Waals surface area contributed by atoms with Gasteiger partial charge in [0.25, 0.3) is 0 Å². The van der Waals surface area contributed by atoms with E-state index < -0.39 is 0 Å². The molecule has 3 aromatic rings. The molecule has 3 rings (SSSR count). The second-order valence-corrected chi connectivity index (χ2v) is 5.44. The lowest BCUT2D eigenvalue weighted by molar-refractivity contribution is 0.283. The molecule has 0 unspecified atom stereocenters. The highest BCUT2D eigenvalue weighted by molar-refractivity contribution is 5.92. The van der Waals surface area contributed by atoms with Gasteiger partial charge < -0.3 is 14.9 Å². The highest BCUT2D eigenvalue weighted by Gasteiger charge is 2.11. The van der Waals surface area contributed by atoms with Gasteiger partial charge in [0.1, 0.15) is 5.76 Å². The summed E-state index contributed by atoms with van der Waals surface area (Å²) in [5.74, 6) is 0.824. The van der Waals surface area contributed by atoms with E-state index in [9.17, 15) is 5.11 Å². The molecule has 0 spiro atoms. The highest BCUT2D eigenvalue weighted by atomic mass is 16.5. The summed E-state index contributed by atoms with van der Waals surface area (Å²) >= 11 is 0. The molecular formula is C17H19N3O2. The van der Waals surface area contributed by atoms with Crippen LogP contribution in [0.25, 0.3) is 10.9 Å². The molecule has 0 saturated heterocycles. The molecule has 0 aliphatic rings. The van der Waals surface area contributed by atoms with Gasteiger partial charge in [0.05, 0.1) is 23.5 Å². The van der Waals surface area contributed by atoms with Crippen LogP contribution in [0.2, 0.25) is 0 Å². The van der Waals surface area contributed by atoms with E-state index >= 15 is 0 Å². The van der Waals surface area contributed by atoms with E-state index in [1.807, 2.05) is 45.0 Å². The summed E-state index contributed by atoms with van der Waals surface area (Å²) in [6, 6.07) is 7.86. The first kappa shape index (κ1) is 14.5. The Morgan fingerprint density at radius 2 is 2.05 bits per heavy atom. The number of nitrogens with zero attached hydrogens (tertiary/aromatic N) is 2. The first-order valence-corrected chi connectivity index (χ1v) is 7.26. The smallest absolute Gasteiger partial charge is 0.138 e. The van der Waals surface area contributed by atoms with E-state index in [1.54, 1.807) is 0 Å². The number of aliphatic hydroxyl groups is 1. The maximum absolute atomic E-state index is 9.54. The van der Waals surface area contributed by atoms with Crippen LogP contribution in [-0.2, 0) is 13.2 Å². The Morgan fingerprint density at radius 1 is 1.23 bits per heavy atom. The molecule has 0 atom stereocenters. The molecule has 0 aliphatic heterocycles. The number of aliphatic hydroxyl groups excluding tert-OH is 1. The second-order valence-electron chi connectivity index (χ2n) is 5.44. The summed E-state index contributed by atoms with van der Waals surface area (Å²) in [5, 5.41) is 17.9. The fourth-order valence-electron chi connectivity index (χ4n) is 2.67. The van der Waals surface area contributed by atoms with Crippen molar-refractivity contribution in [3.8, 4) is 0 Å². The predicted molar refractivity (Wildman–Crippen MR) is 85.7 cm³/mol. The third-order valence-electron chi connectivity index (χ3n) is 3.86. The minimum Gasteiger partial charge on any atom is -0.392 e. The third-order valence-corrected chi connectivity index (χ3v) is 3.86. The van der Waals surface area contributed by atoms with Crippen molar-refractivity contribution in [1.82, 2.24) is 10.1 Å². The summed E-state index contributed by atoms with van der Waals surface area (Å²) in [6.45, 7) is 6.41. The quantitative estimate of drug-likeness (QED) is 0.773. The zero-order chi connectivity index (χ0) is 15.7. The number of benzene rings is 1. The van der Waals surface area contributed by atoms with Crippen LogP contribution in [0.5, 0.6) is 0 Å². The van der Waals surface area contributed by atoms with E-state index in [0.717, 1.165) is 44.9 Å². The number of hydrogen-bond acceptors (Lipinski definition) is 5. The van der Waals surface area contributed by atoms with Gasteiger partial charge in [0.15, 0.2) is 0 Å². The van der Waals surface area contributed by atoms with Crippen LogP contribution in [0, 0.1) is 20.8 Å². The van der Waals surface area contributed by atoms with Crippen molar-refractivity contribution < 1.29 is 9.63 Å². The Labute approximate surface area is 129 Å². The molecule has 0 radical (unpaired) electrons. The Hall–Kier alpha value is -2.40. The SMILES string of the molecule is Cc1cc(CO)c2cccc(NCc3c(C)noc3C)c2n1. The van der Waals surface area contributed by atoms with Crippen molar-refractivity contribution in [3.05, 3.63) is 52.5 Å². The van der Waals surface area contributed by atoms with E-state index in [0.29, 0.717) is 6.54 Å². The van der Waals surface area contributed by atoms with Crippen LogP contribution in [0.3, 0.4) is 0 Å². The average Bonchev–Trinajstić information content (AvgIpc) is 2.83. The topological polar surface area (TPSA) is 71.2 Å². The highest BCUT2D eigenvalue weighted by Crippen LogP contribution is 2.26. The van der Waals surface area contributed by atoms with Crippen molar-refractivity contribution in [2.75, 3.05) is 5.32 Å². The van der Waals surface area contributed by atoms with Crippen molar-refractivity contribution in [3.63, 3.8) is 0 Å². The van der Waals surface area contributed by atoms with Crippen LogP contribution in [-0.4, -0.2) is 15.2 Å². The van der Waals surface area contributed by atoms with Gasteiger partial charge in [0.2, 0.25) is 0 Å². The first-order valence-electron chi connectivity index (χ1n) is 7.26. The zero-order valence-electron chi connectivity index (χ0n) is 13.0. The van der Waals surface area contributed by atoms with Crippen LogP contribution in [0.1, 0.15) is 28.3 Å². The Bertz CT molecular complexity index is 805. The van der Waals surface area contributed by atoms with Crippen molar-refractivity contribution in [2.24, 2.45) is 0 Å². The van der Waals surface area contributed by atoms with Crippen molar-refractivity contribution in [2.45, 2.75) is 33.9 Å². The molecule has 2 heterocycles. The molecule has 0 saturated carbocycles. The number of para-hydroxylation sites is 1. The molecule has 5 heteroatoms. The van der Waals surface area contributed by atoms with Crippen LogP contribution >= 0.6 is 0 Å². The van der Waals surface area contributed by atoms with Crippen LogP contribution in [0.4, 0.5) is 5.69 Å². The Balaban J connectivity index is 1.99. The number of anilines is 1. The molecule has 0 fully saturated rings. The maximum Gasteiger partial charge on any atom is 0.138 e. The summed E-state index contributed by atoms with van der Waals surface area (Å²) in [5.41, 5.74) is 5.55. The summed E-state index contributed by atoms with van der Waals surface area (Å²) < 4.78 is 5.19. The Morgan fingerprint density at radius 3 is 2.73 bits per heavy atom. The number of nitrogens with one attached hydrogen (secondary N) is 1. The van der Waals surface area contributed by atoms with Gasteiger partial charge in [-0.1, -0.05) is 17.3 Å². The van der Waals surface area contributed by atoms with E-state index in [1.165, 1.54) is 0 Å². The standard InChI is InChI=1S/C17H19N3O2/c1-10-7-13(9-21)14-5-4-6-16(17(14)19-10)18-8-15-11(2)20-22-12(15)3/h4-7,18,21H,8-9H2,1-3H3. The lowest BCUT2D eigenvalue weighted by atomic mass is 10.1. The van der Waals surface area contributed by atoms with Gasteiger partial charge in [-0.3, -0.25) is 4.98 Å². The molecule has 0 aliphatic carbocycles. The van der Waals surface area contributed by atoms with Gasteiger partial charge in [-0.15, -0.1) is 0 Å². The monoisotopic (exact) mass is 297 g/mol. The molecule has 0 bridgehead atoms. The number of aryl methyl sites for hydroxylation is 3. The fraction of sp³-hybridized carbons (Fsp3) is 0.294. The average molecular weight is 297 g/mol. The minimum atomic E-state index is 0.00712. The Kier molecular flexibility index (Phi) is 3.81. The molecule has 0 amide bonds. The molecule has 2 N–H and O–H groups in total. The zero-order valence-corrected chi connectivity index (χ0v) is 13.0. The lowest BCUT2D eigenvalue weighted by Crippen LogP contribution is -2.03. The maximum atomic E-state index is 9.54. The molecular weight excluding hydrogens is 278 g/mol. The third kappa shape index (κ3) is 2.55. The summed E-state index contributed by atoms with van der Waals surface area (Å²) in [7, 11) is 0. The molecule has 114 valence electrons. The van der Waals surface area contributed by atoms with Gasteiger partial charge >= 0.3 is 0 Å². The fourth-order valence-corrected chi connectivity index (χ4v) is 2.67. The van der Waals surface area contributed by atoms with E-state index in [4.69, 9.17) is 4.52 Å². The number of aromatic nitrogens is 2. The number of fused-ring (bicyclic) bond motifs is 1. The summed E-state index contributed by atoms with van der Waals surface area (Å²) in [6.07, 6.45) is 0.